The highest BCUT2D eigenvalue weighted by Crippen LogP contribution is 2.51. The number of methoxy groups -OCH3 is 2. The number of ether oxygens (including phenoxy) is 4. The Morgan fingerprint density at radius 3 is 2.77 bits per heavy atom. The van der Waals surface area contributed by atoms with Crippen molar-refractivity contribution in [2.45, 2.75) is 31.7 Å². The van der Waals surface area contributed by atoms with E-state index >= 15 is 0 Å². The van der Waals surface area contributed by atoms with Crippen LogP contribution in [0.1, 0.15) is 35.6 Å². The Kier molecular flexibility index (Phi) is 5.60. The minimum atomic E-state index is 0.0241. The fraction of sp³-hybridized carbons (Fsp3) is 0.458. The van der Waals surface area contributed by atoms with Crippen molar-refractivity contribution in [2.24, 2.45) is 0 Å². The third kappa shape index (κ3) is 3.84. The molecule has 0 aliphatic carbocycles. The SMILES string of the molecule is COc1cccc(CCC(=O)CC2c3c(cc4c(c3OC)OCO4)CC[N+]2(C)C)c1. The molecule has 6 nitrogen and oxygen atoms in total. The number of quaternary nitrogens is 1. The summed E-state index contributed by atoms with van der Waals surface area (Å²) in [5.41, 5.74) is 3.40. The minimum Gasteiger partial charge on any atom is -0.497 e. The molecule has 160 valence electrons. The van der Waals surface area contributed by atoms with Crippen molar-refractivity contribution in [2.75, 3.05) is 41.7 Å². The number of nitrogens with zero attached hydrogens (tertiary/aromatic N) is 1. The molecular formula is C24H30NO5+. The molecule has 2 heterocycles. The van der Waals surface area contributed by atoms with E-state index in [9.17, 15) is 4.79 Å². The average molecular weight is 413 g/mol. The Labute approximate surface area is 177 Å². The Balaban J connectivity index is 1.57. The Morgan fingerprint density at radius 2 is 2.00 bits per heavy atom. The van der Waals surface area contributed by atoms with Crippen LogP contribution in [0.4, 0.5) is 0 Å². The van der Waals surface area contributed by atoms with Gasteiger partial charge in [0.15, 0.2) is 11.5 Å². The lowest BCUT2D eigenvalue weighted by atomic mass is 9.86. The number of benzene rings is 2. The van der Waals surface area contributed by atoms with Gasteiger partial charge in [0.1, 0.15) is 17.6 Å². The van der Waals surface area contributed by atoms with Crippen molar-refractivity contribution >= 4 is 5.78 Å². The van der Waals surface area contributed by atoms with Gasteiger partial charge in [0.2, 0.25) is 12.5 Å². The van der Waals surface area contributed by atoms with Crippen LogP contribution < -0.4 is 18.9 Å². The summed E-state index contributed by atoms with van der Waals surface area (Å²) in [5, 5.41) is 0. The lowest BCUT2D eigenvalue weighted by Gasteiger charge is -2.43. The summed E-state index contributed by atoms with van der Waals surface area (Å²) in [6.45, 7) is 1.17. The molecular weight excluding hydrogens is 382 g/mol. The van der Waals surface area contributed by atoms with Crippen molar-refractivity contribution in [3.63, 3.8) is 0 Å². The zero-order valence-electron chi connectivity index (χ0n) is 18.2. The van der Waals surface area contributed by atoms with Crippen LogP contribution in [-0.2, 0) is 17.6 Å². The van der Waals surface area contributed by atoms with Gasteiger partial charge < -0.3 is 23.4 Å². The summed E-state index contributed by atoms with van der Waals surface area (Å²) >= 11 is 0. The molecule has 30 heavy (non-hydrogen) atoms. The first kappa shape index (κ1) is 20.5. The van der Waals surface area contributed by atoms with Gasteiger partial charge in [-0.15, -0.1) is 0 Å². The number of carbonyl (C=O) groups excluding carboxylic acids is 1. The molecule has 0 bridgehead atoms. The zero-order valence-corrected chi connectivity index (χ0v) is 18.2. The molecule has 1 atom stereocenters. The van der Waals surface area contributed by atoms with E-state index in [1.54, 1.807) is 14.2 Å². The third-order valence-corrected chi connectivity index (χ3v) is 6.33. The van der Waals surface area contributed by atoms with Crippen molar-refractivity contribution < 1.29 is 28.2 Å². The van der Waals surface area contributed by atoms with Gasteiger partial charge in [-0.2, -0.15) is 0 Å². The van der Waals surface area contributed by atoms with E-state index in [0.717, 1.165) is 45.8 Å². The highest BCUT2D eigenvalue weighted by Gasteiger charge is 2.42. The molecule has 6 heteroatoms. The van der Waals surface area contributed by atoms with Gasteiger partial charge in [-0.1, -0.05) is 12.1 Å². The summed E-state index contributed by atoms with van der Waals surface area (Å²) in [6, 6.07) is 10.00. The van der Waals surface area contributed by atoms with Gasteiger partial charge in [0.25, 0.3) is 0 Å². The van der Waals surface area contributed by atoms with Crippen LogP contribution in [0.3, 0.4) is 0 Å². The van der Waals surface area contributed by atoms with E-state index in [2.05, 4.69) is 20.2 Å². The summed E-state index contributed by atoms with van der Waals surface area (Å²) in [6.07, 6.45) is 2.61. The van der Waals surface area contributed by atoms with Crippen molar-refractivity contribution in [3.8, 4) is 23.0 Å². The second kappa shape index (κ2) is 8.19. The maximum atomic E-state index is 13.0. The fourth-order valence-corrected chi connectivity index (χ4v) is 4.54. The lowest BCUT2D eigenvalue weighted by Crippen LogP contribution is -2.48. The van der Waals surface area contributed by atoms with E-state index in [4.69, 9.17) is 18.9 Å². The minimum absolute atomic E-state index is 0.0241. The molecule has 0 spiro atoms. The van der Waals surface area contributed by atoms with Gasteiger partial charge in [0.05, 0.1) is 46.8 Å². The first-order valence-corrected chi connectivity index (χ1v) is 10.4. The number of aryl methyl sites for hydroxylation is 1. The van der Waals surface area contributed by atoms with Crippen LogP contribution in [0.2, 0.25) is 0 Å². The summed E-state index contributed by atoms with van der Waals surface area (Å²) < 4.78 is 23.1. The molecule has 0 N–H and O–H groups in total. The van der Waals surface area contributed by atoms with E-state index in [1.165, 1.54) is 5.56 Å². The standard InChI is InChI=1S/C24H30NO5/c1-25(2)11-10-17-13-21-23(30-15-29-21)24(28-4)22(17)20(25)14-18(26)9-8-16-6-5-7-19(12-16)27-3/h5-7,12-13,20H,8-11,14-15H2,1-4H3/q+1. The van der Waals surface area contributed by atoms with Crippen LogP contribution in [0.5, 0.6) is 23.0 Å². The highest BCUT2D eigenvalue weighted by molar-refractivity contribution is 5.80. The van der Waals surface area contributed by atoms with E-state index in [0.29, 0.717) is 25.0 Å². The molecule has 0 aromatic heterocycles. The van der Waals surface area contributed by atoms with Crippen LogP contribution in [0.25, 0.3) is 0 Å². The Hall–Kier alpha value is -2.73. The molecule has 0 fully saturated rings. The number of Topliss-reactive ketones (excluding diaryl/α,β-unsaturated/α-hetero) is 1. The van der Waals surface area contributed by atoms with Crippen LogP contribution in [-0.4, -0.2) is 51.9 Å². The number of likely N-dealkylation sites (N-methyl/N-ethyl adjacent to an activating group) is 1. The Bertz CT molecular complexity index is 953. The predicted octanol–water partition coefficient (Wildman–Crippen LogP) is 3.70. The number of rotatable bonds is 7. The molecule has 1 unspecified atom stereocenters. The van der Waals surface area contributed by atoms with Gasteiger partial charge in [-0.3, -0.25) is 4.79 Å². The molecule has 2 aromatic carbocycles. The summed E-state index contributed by atoms with van der Waals surface area (Å²) in [5.74, 6) is 3.19. The second-order valence-electron chi connectivity index (χ2n) is 8.58. The van der Waals surface area contributed by atoms with Crippen LogP contribution in [0.15, 0.2) is 30.3 Å². The number of ketones is 1. The van der Waals surface area contributed by atoms with Gasteiger partial charge in [0, 0.05) is 12.8 Å². The zero-order chi connectivity index (χ0) is 21.3. The first-order chi connectivity index (χ1) is 14.4. The maximum absolute atomic E-state index is 13.0. The number of carbonyl (C=O) groups is 1. The number of hydrogen-bond donors (Lipinski definition) is 0. The molecule has 4 rings (SSSR count). The third-order valence-electron chi connectivity index (χ3n) is 6.33. The molecule has 2 aromatic rings. The topological polar surface area (TPSA) is 54.0 Å². The van der Waals surface area contributed by atoms with Crippen molar-refractivity contribution in [3.05, 3.63) is 47.0 Å². The fourth-order valence-electron chi connectivity index (χ4n) is 4.54. The average Bonchev–Trinajstić information content (AvgIpc) is 3.21. The van der Waals surface area contributed by atoms with Crippen LogP contribution >= 0.6 is 0 Å². The van der Waals surface area contributed by atoms with E-state index in [-0.39, 0.29) is 18.6 Å². The highest BCUT2D eigenvalue weighted by atomic mass is 16.7. The van der Waals surface area contributed by atoms with E-state index < -0.39 is 0 Å². The largest absolute Gasteiger partial charge is 0.497 e. The quantitative estimate of drug-likeness (QED) is 0.649. The molecule has 0 saturated carbocycles. The van der Waals surface area contributed by atoms with Gasteiger partial charge >= 0.3 is 0 Å². The molecule has 0 radical (unpaired) electrons. The molecule has 2 aliphatic heterocycles. The number of hydrogen-bond acceptors (Lipinski definition) is 5. The first-order valence-electron chi connectivity index (χ1n) is 10.4. The monoisotopic (exact) mass is 412 g/mol. The smallest absolute Gasteiger partial charge is 0.231 e. The maximum Gasteiger partial charge on any atom is 0.231 e. The predicted molar refractivity (Wildman–Crippen MR) is 113 cm³/mol. The van der Waals surface area contributed by atoms with Crippen molar-refractivity contribution in [1.29, 1.82) is 0 Å². The van der Waals surface area contributed by atoms with E-state index in [1.807, 2.05) is 24.3 Å². The summed E-state index contributed by atoms with van der Waals surface area (Å²) in [7, 11) is 7.69. The normalized spacial score (nSPS) is 18.6. The molecule has 0 amide bonds. The van der Waals surface area contributed by atoms with Crippen molar-refractivity contribution in [1.82, 2.24) is 0 Å². The Morgan fingerprint density at radius 1 is 1.17 bits per heavy atom. The summed E-state index contributed by atoms with van der Waals surface area (Å²) in [4.78, 5) is 13.0. The molecule has 2 aliphatic rings. The lowest BCUT2D eigenvalue weighted by molar-refractivity contribution is -0.922. The van der Waals surface area contributed by atoms with Gasteiger partial charge in [-0.05, 0) is 35.7 Å². The second-order valence-corrected chi connectivity index (χ2v) is 8.58. The number of fused-ring (bicyclic) bond motifs is 2. The van der Waals surface area contributed by atoms with Gasteiger partial charge in [-0.25, -0.2) is 0 Å². The molecule has 0 saturated heterocycles. The van der Waals surface area contributed by atoms with Crippen LogP contribution in [0, 0.1) is 0 Å².